The van der Waals surface area contributed by atoms with Crippen molar-refractivity contribution in [3.63, 3.8) is 0 Å². The number of carbonyl (C=O) groups excluding carboxylic acids is 1. The summed E-state index contributed by atoms with van der Waals surface area (Å²) in [6.07, 6.45) is 1.49. The SMILES string of the molecule is CC(=O)Nc1cc2c(Nc3ccc(F)c(Cl)c3)ncnc2cc1C(C)(C)N1CCN(C)CC1. The number of hydrogen-bond acceptors (Lipinski definition) is 6. The van der Waals surface area contributed by atoms with Crippen molar-refractivity contribution in [2.24, 2.45) is 0 Å². The Morgan fingerprint density at radius 2 is 1.85 bits per heavy atom. The summed E-state index contributed by atoms with van der Waals surface area (Å²) in [4.78, 5) is 25.7. The number of likely N-dealkylation sites (N-methyl/N-ethyl adjacent to an activating group) is 1. The number of nitrogens with one attached hydrogen (secondary N) is 2. The molecule has 2 N–H and O–H groups in total. The van der Waals surface area contributed by atoms with Gasteiger partial charge < -0.3 is 15.5 Å². The van der Waals surface area contributed by atoms with Gasteiger partial charge in [-0.3, -0.25) is 9.69 Å². The molecule has 0 unspecified atom stereocenters. The zero-order valence-electron chi connectivity index (χ0n) is 19.2. The van der Waals surface area contributed by atoms with Crippen LogP contribution in [-0.4, -0.2) is 58.9 Å². The van der Waals surface area contributed by atoms with Crippen LogP contribution in [-0.2, 0) is 10.3 Å². The molecule has 1 amide bonds. The molecule has 0 aliphatic carbocycles. The molecule has 0 radical (unpaired) electrons. The van der Waals surface area contributed by atoms with Gasteiger partial charge in [-0.15, -0.1) is 0 Å². The first-order valence-electron chi connectivity index (χ1n) is 10.9. The Morgan fingerprint density at radius 1 is 1.12 bits per heavy atom. The standard InChI is InChI=1S/C24H28ClFN6O/c1-15(33)29-22-12-17-21(13-18(22)24(2,3)32-9-7-31(4)8-10-32)27-14-28-23(17)30-16-5-6-20(26)19(25)11-16/h5-6,11-14H,7-10H2,1-4H3,(H,29,33)(H,27,28,30). The van der Waals surface area contributed by atoms with E-state index in [9.17, 15) is 9.18 Å². The molecule has 0 atom stereocenters. The number of aromatic nitrogens is 2. The highest BCUT2D eigenvalue weighted by molar-refractivity contribution is 6.31. The van der Waals surface area contributed by atoms with E-state index in [4.69, 9.17) is 11.6 Å². The third kappa shape index (κ3) is 4.93. The summed E-state index contributed by atoms with van der Waals surface area (Å²) in [5.74, 6) is -0.0989. The second-order valence-corrected chi connectivity index (χ2v) is 9.33. The predicted molar refractivity (Wildman–Crippen MR) is 131 cm³/mol. The summed E-state index contributed by atoms with van der Waals surface area (Å²) in [7, 11) is 2.13. The Bertz CT molecular complexity index is 1190. The summed E-state index contributed by atoms with van der Waals surface area (Å²) in [6, 6.07) is 8.31. The quantitative estimate of drug-likeness (QED) is 0.567. The van der Waals surface area contributed by atoms with Crippen molar-refractivity contribution < 1.29 is 9.18 Å². The van der Waals surface area contributed by atoms with E-state index in [1.54, 1.807) is 6.07 Å². The van der Waals surface area contributed by atoms with Gasteiger partial charge in [0.1, 0.15) is 18.0 Å². The summed E-state index contributed by atoms with van der Waals surface area (Å²) in [6.45, 7) is 9.69. The first kappa shape index (κ1) is 23.4. The number of anilines is 3. The molecule has 1 aromatic heterocycles. The Morgan fingerprint density at radius 3 is 2.52 bits per heavy atom. The fourth-order valence-electron chi connectivity index (χ4n) is 4.25. The molecule has 1 aliphatic rings. The van der Waals surface area contributed by atoms with Gasteiger partial charge in [0.05, 0.1) is 10.5 Å². The van der Waals surface area contributed by atoms with E-state index < -0.39 is 5.82 Å². The minimum Gasteiger partial charge on any atom is -0.340 e. The monoisotopic (exact) mass is 470 g/mol. The van der Waals surface area contributed by atoms with Crippen molar-refractivity contribution in [1.29, 1.82) is 0 Å². The van der Waals surface area contributed by atoms with E-state index in [2.05, 4.69) is 51.3 Å². The van der Waals surface area contributed by atoms with Crippen molar-refractivity contribution in [3.8, 4) is 0 Å². The van der Waals surface area contributed by atoms with E-state index in [-0.39, 0.29) is 16.5 Å². The minimum atomic E-state index is -0.488. The highest BCUT2D eigenvalue weighted by Crippen LogP contribution is 2.38. The van der Waals surface area contributed by atoms with Crippen LogP contribution in [0.3, 0.4) is 0 Å². The molecule has 0 spiro atoms. The average molecular weight is 471 g/mol. The Kier molecular flexibility index (Phi) is 6.52. The van der Waals surface area contributed by atoms with Gasteiger partial charge in [-0.25, -0.2) is 14.4 Å². The van der Waals surface area contributed by atoms with E-state index in [1.807, 2.05) is 12.1 Å². The molecule has 0 bridgehead atoms. The van der Waals surface area contributed by atoms with E-state index in [0.29, 0.717) is 17.2 Å². The van der Waals surface area contributed by atoms with Gasteiger partial charge in [-0.2, -0.15) is 0 Å². The van der Waals surface area contributed by atoms with Crippen molar-refractivity contribution in [1.82, 2.24) is 19.8 Å². The summed E-state index contributed by atoms with van der Waals surface area (Å²) < 4.78 is 13.6. The van der Waals surface area contributed by atoms with Crippen LogP contribution in [0.25, 0.3) is 10.9 Å². The number of nitrogens with zero attached hydrogens (tertiary/aromatic N) is 4. The van der Waals surface area contributed by atoms with Crippen LogP contribution in [0.5, 0.6) is 0 Å². The predicted octanol–water partition coefficient (Wildman–Crippen LogP) is 4.61. The van der Waals surface area contributed by atoms with Crippen LogP contribution in [0.1, 0.15) is 26.3 Å². The number of benzene rings is 2. The second-order valence-electron chi connectivity index (χ2n) is 8.92. The van der Waals surface area contributed by atoms with Crippen LogP contribution in [0, 0.1) is 5.82 Å². The van der Waals surface area contributed by atoms with Crippen molar-refractivity contribution in [3.05, 3.63) is 53.1 Å². The largest absolute Gasteiger partial charge is 0.340 e. The number of carbonyl (C=O) groups is 1. The minimum absolute atomic E-state index is 0.0218. The van der Waals surface area contributed by atoms with Crippen LogP contribution in [0.4, 0.5) is 21.6 Å². The molecule has 1 fully saturated rings. The summed E-state index contributed by atoms with van der Waals surface area (Å²) in [5.41, 5.74) is 2.73. The van der Waals surface area contributed by atoms with Crippen LogP contribution in [0.15, 0.2) is 36.7 Å². The summed E-state index contributed by atoms with van der Waals surface area (Å²) in [5, 5.41) is 6.95. The van der Waals surface area contributed by atoms with E-state index >= 15 is 0 Å². The molecule has 33 heavy (non-hydrogen) atoms. The van der Waals surface area contributed by atoms with Crippen molar-refractivity contribution in [2.45, 2.75) is 26.3 Å². The lowest BCUT2D eigenvalue weighted by atomic mass is 9.88. The number of rotatable bonds is 5. The first-order valence-corrected chi connectivity index (χ1v) is 11.3. The molecular formula is C24H28ClFN6O. The third-order valence-electron chi connectivity index (χ3n) is 6.22. The number of hydrogen-bond donors (Lipinski definition) is 2. The van der Waals surface area contributed by atoms with Crippen LogP contribution >= 0.6 is 11.6 Å². The molecule has 4 rings (SSSR count). The average Bonchev–Trinajstić information content (AvgIpc) is 2.76. The number of fused-ring (bicyclic) bond motifs is 1. The molecule has 174 valence electrons. The van der Waals surface area contributed by atoms with Gasteiger partial charge in [0.15, 0.2) is 0 Å². The third-order valence-corrected chi connectivity index (χ3v) is 6.51. The Labute approximate surface area is 198 Å². The first-order chi connectivity index (χ1) is 15.6. The van der Waals surface area contributed by atoms with Crippen LogP contribution < -0.4 is 10.6 Å². The molecule has 7 nitrogen and oxygen atoms in total. The number of amides is 1. The molecule has 0 saturated carbocycles. The Balaban J connectivity index is 1.78. The number of piperazine rings is 1. The van der Waals surface area contributed by atoms with Gasteiger partial charge in [-0.1, -0.05) is 11.6 Å². The molecule has 1 aliphatic heterocycles. The lowest BCUT2D eigenvalue weighted by Gasteiger charge is -2.44. The molecule has 2 aromatic carbocycles. The Hall–Kier alpha value is -2.81. The lowest BCUT2D eigenvalue weighted by molar-refractivity contribution is -0.114. The smallest absolute Gasteiger partial charge is 0.221 e. The van der Waals surface area contributed by atoms with E-state index in [0.717, 1.165) is 42.6 Å². The van der Waals surface area contributed by atoms with Crippen LogP contribution in [0.2, 0.25) is 5.02 Å². The van der Waals surface area contributed by atoms with Crippen molar-refractivity contribution >= 4 is 45.6 Å². The van der Waals surface area contributed by atoms with Crippen molar-refractivity contribution in [2.75, 3.05) is 43.9 Å². The van der Waals surface area contributed by atoms with Gasteiger partial charge in [-0.05, 0) is 56.8 Å². The fourth-order valence-corrected chi connectivity index (χ4v) is 4.43. The topological polar surface area (TPSA) is 73.4 Å². The molecule has 3 aromatic rings. The summed E-state index contributed by atoms with van der Waals surface area (Å²) >= 11 is 5.93. The highest BCUT2D eigenvalue weighted by Gasteiger charge is 2.33. The lowest BCUT2D eigenvalue weighted by Crippen LogP contribution is -2.52. The number of halogens is 2. The van der Waals surface area contributed by atoms with Gasteiger partial charge in [0.2, 0.25) is 5.91 Å². The normalized spacial score (nSPS) is 15.6. The molecule has 2 heterocycles. The van der Waals surface area contributed by atoms with Gasteiger partial charge in [0.25, 0.3) is 0 Å². The zero-order valence-corrected chi connectivity index (χ0v) is 20.0. The van der Waals surface area contributed by atoms with Gasteiger partial charge >= 0.3 is 0 Å². The maximum atomic E-state index is 13.6. The maximum Gasteiger partial charge on any atom is 0.221 e. The zero-order chi connectivity index (χ0) is 23.8. The maximum absolute atomic E-state index is 13.6. The van der Waals surface area contributed by atoms with E-state index in [1.165, 1.54) is 25.4 Å². The van der Waals surface area contributed by atoms with Gasteiger partial charge in [0, 0.05) is 55.4 Å². The second kappa shape index (κ2) is 9.21. The molecule has 1 saturated heterocycles. The highest BCUT2D eigenvalue weighted by atomic mass is 35.5. The molecule has 9 heteroatoms. The molecular weight excluding hydrogens is 443 g/mol. The fraction of sp³-hybridized carbons (Fsp3) is 0.375.